The molecule has 130 valence electrons. The third kappa shape index (κ3) is 2.51. The number of aromatic carboxylic acids is 1. The highest BCUT2D eigenvalue weighted by atomic mass is 32.1. The third-order valence-electron chi connectivity index (χ3n) is 4.20. The van der Waals surface area contributed by atoms with Gasteiger partial charge in [-0.2, -0.15) is 0 Å². The van der Waals surface area contributed by atoms with Gasteiger partial charge in [-0.05, 0) is 25.1 Å². The number of carbonyl (C=O) groups is 2. The van der Waals surface area contributed by atoms with Crippen LogP contribution in [0.3, 0.4) is 0 Å². The van der Waals surface area contributed by atoms with Gasteiger partial charge in [0.05, 0.1) is 23.7 Å². The van der Waals surface area contributed by atoms with Crippen LogP contribution in [0.4, 0.5) is 0 Å². The second-order valence-electron chi connectivity index (χ2n) is 5.88. The standard InChI is InChI=1S/C18H14N4O3S/c1-10-15(20-16(26-10)18(24)25)12-3-4-13-11(7-12)5-6-22(13)17(23)14-8-19-9-21(14)2/h3-9H,1-2H3,(H,24,25). The molecule has 8 heteroatoms. The summed E-state index contributed by atoms with van der Waals surface area (Å²) >= 11 is 1.15. The van der Waals surface area contributed by atoms with Crippen LogP contribution in [-0.4, -0.2) is 36.1 Å². The van der Waals surface area contributed by atoms with Gasteiger partial charge in [-0.25, -0.2) is 14.8 Å². The van der Waals surface area contributed by atoms with E-state index in [4.69, 9.17) is 5.11 Å². The van der Waals surface area contributed by atoms with E-state index < -0.39 is 5.97 Å². The van der Waals surface area contributed by atoms with Crippen LogP contribution in [-0.2, 0) is 7.05 Å². The van der Waals surface area contributed by atoms with Crippen molar-refractivity contribution in [2.75, 3.05) is 0 Å². The molecule has 4 aromatic rings. The summed E-state index contributed by atoms with van der Waals surface area (Å²) in [4.78, 5) is 32.9. The Labute approximate surface area is 152 Å². The van der Waals surface area contributed by atoms with Gasteiger partial charge in [-0.1, -0.05) is 6.07 Å². The average Bonchev–Trinajstić information content (AvgIpc) is 3.31. The van der Waals surface area contributed by atoms with Crippen LogP contribution in [0.5, 0.6) is 0 Å². The summed E-state index contributed by atoms with van der Waals surface area (Å²) in [6, 6.07) is 7.46. The van der Waals surface area contributed by atoms with Crippen LogP contribution >= 0.6 is 11.3 Å². The molecule has 0 fully saturated rings. The van der Waals surface area contributed by atoms with Crippen molar-refractivity contribution in [3.8, 4) is 11.3 Å². The number of benzene rings is 1. The van der Waals surface area contributed by atoms with Crippen molar-refractivity contribution >= 4 is 34.1 Å². The van der Waals surface area contributed by atoms with Crippen molar-refractivity contribution in [1.29, 1.82) is 0 Å². The van der Waals surface area contributed by atoms with E-state index in [1.165, 1.54) is 6.20 Å². The van der Waals surface area contributed by atoms with Gasteiger partial charge in [-0.15, -0.1) is 11.3 Å². The maximum atomic E-state index is 12.7. The number of nitrogens with zero attached hydrogens (tertiary/aromatic N) is 4. The highest BCUT2D eigenvalue weighted by molar-refractivity contribution is 7.13. The highest BCUT2D eigenvalue weighted by Crippen LogP contribution is 2.30. The molecule has 0 saturated heterocycles. The van der Waals surface area contributed by atoms with Crippen LogP contribution in [0, 0.1) is 6.92 Å². The first-order valence-corrected chi connectivity index (χ1v) is 8.60. The Kier molecular flexibility index (Phi) is 3.69. The van der Waals surface area contributed by atoms with Crippen molar-refractivity contribution in [2.24, 2.45) is 7.05 Å². The van der Waals surface area contributed by atoms with Crippen LogP contribution in [0.15, 0.2) is 43.0 Å². The molecule has 4 rings (SSSR count). The first-order chi connectivity index (χ1) is 12.5. The van der Waals surface area contributed by atoms with Crippen molar-refractivity contribution in [2.45, 2.75) is 6.92 Å². The van der Waals surface area contributed by atoms with Gasteiger partial charge in [0.25, 0.3) is 5.91 Å². The maximum Gasteiger partial charge on any atom is 0.365 e. The molecule has 26 heavy (non-hydrogen) atoms. The topological polar surface area (TPSA) is 90.0 Å². The van der Waals surface area contributed by atoms with Crippen molar-refractivity contribution in [1.82, 2.24) is 19.1 Å². The lowest BCUT2D eigenvalue weighted by molar-refractivity contribution is 0.0696. The third-order valence-corrected chi connectivity index (χ3v) is 5.16. The maximum absolute atomic E-state index is 12.7. The fourth-order valence-electron chi connectivity index (χ4n) is 2.91. The molecule has 0 unspecified atom stereocenters. The van der Waals surface area contributed by atoms with E-state index >= 15 is 0 Å². The van der Waals surface area contributed by atoms with Gasteiger partial charge < -0.3 is 9.67 Å². The first-order valence-electron chi connectivity index (χ1n) is 7.79. The van der Waals surface area contributed by atoms with Gasteiger partial charge in [0.15, 0.2) is 0 Å². The Bertz CT molecular complexity index is 1170. The van der Waals surface area contributed by atoms with Gasteiger partial charge in [0.2, 0.25) is 5.01 Å². The Balaban J connectivity index is 1.78. The average molecular weight is 366 g/mol. The number of carboxylic acids is 1. The molecule has 0 spiro atoms. The molecule has 0 aliphatic rings. The van der Waals surface area contributed by atoms with Crippen LogP contribution in [0.2, 0.25) is 0 Å². The van der Waals surface area contributed by atoms with E-state index in [1.807, 2.05) is 31.2 Å². The first kappa shape index (κ1) is 16.2. The zero-order valence-corrected chi connectivity index (χ0v) is 14.8. The lowest BCUT2D eigenvalue weighted by Crippen LogP contribution is -2.14. The number of hydrogen-bond acceptors (Lipinski definition) is 5. The summed E-state index contributed by atoms with van der Waals surface area (Å²) in [7, 11) is 1.77. The second kappa shape index (κ2) is 5.92. The predicted molar refractivity (Wildman–Crippen MR) is 97.7 cm³/mol. The summed E-state index contributed by atoms with van der Waals surface area (Å²) in [6.45, 7) is 1.85. The second-order valence-corrected chi connectivity index (χ2v) is 7.09. The number of thiazole rings is 1. The van der Waals surface area contributed by atoms with E-state index in [-0.39, 0.29) is 10.9 Å². The number of aromatic nitrogens is 4. The molecule has 1 N–H and O–H groups in total. The smallest absolute Gasteiger partial charge is 0.365 e. The van der Waals surface area contributed by atoms with E-state index in [0.29, 0.717) is 11.4 Å². The molecule has 0 radical (unpaired) electrons. The normalized spacial score (nSPS) is 11.2. The number of aryl methyl sites for hydroxylation is 2. The predicted octanol–water partition coefficient (Wildman–Crippen LogP) is 3.19. The Morgan fingerprint density at radius 1 is 1.23 bits per heavy atom. The minimum atomic E-state index is -1.03. The number of hydrogen-bond donors (Lipinski definition) is 1. The van der Waals surface area contributed by atoms with Crippen LogP contribution in [0.25, 0.3) is 22.2 Å². The highest BCUT2D eigenvalue weighted by Gasteiger charge is 2.17. The molecular formula is C18H14N4O3S. The van der Waals surface area contributed by atoms with Gasteiger partial charge in [0.1, 0.15) is 5.69 Å². The molecule has 3 heterocycles. The number of imidazole rings is 1. The summed E-state index contributed by atoms with van der Waals surface area (Å²) in [5.41, 5.74) is 2.74. The molecule has 0 bridgehead atoms. The molecule has 1 aromatic carbocycles. The van der Waals surface area contributed by atoms with Crippen LogP contribution in [0.1, 0.15) is 25.2 Å². The molecule has 0 saturated carbocycles. The number of rotatable bonds is 3. The number of carbonyl (C=O) groups excluding carboxylic acids is 1. The van der Waals surface area contributed by atoms with Gasteiger partial charge >= 0.3 is 5.97 Å². The molecule has 7 nitrogen and oxygen atoms in total. The summed E-state index contributed by atoms with van der Waals surface area (Å²) in [6.07, 6.45) is 4.84. The summed E-state index contributed by atoms with van der Waals surface area (Å²) in [5, 5.41) is 10.1. The minimum Gasteiger partial charge on any atom is -0.476 e. The Morgan fingerprint density at radius 2 is 2.04 bits per heavy atom. The SMILES string of the molecule is Cc1sc(C(=O)O)nc1-c1ccc2c(ccn2C(=O)c2cncn2C)c1. The minimum absolute atomic E-state index is 0.0709. The zero-order valence-electron chi connectivity index (χ0n) is 14.0. The van der Waals surface area contributed by atoms with E-state index in [1.54, 1.807) is 28.7 Å². The molecular weight excluding hydrogens is 352 g/mol. The lowest BCUT2D eigenvalue weighted by atomic mass is 10.1. The van der Waals surface area contributed by atoms with Crippen molar-refractivity contribution in [3.63, 3.8) is 0 Å². The fraction of sp³-hybridized carbons (Fsp3) is 0.111. The monoisotopic (exact) mass is 366 g/mol. The Morgan fingerprint density at radius 3 is 2.69 bits per heavy atom. The summed E-state index contributed by atoms with van der Waals surface area (Å²) < 4.78 is 3.25. The lowest BCUT2D eigenvalue weighted by Gasteiger charge is -2.05. The van der Waals surface area contributed by atoms with E-state index in [9.17, 15) is 9.59 Å². The fourth-order valence-corrected chi connectivity index (χ4v) is 3.68. The van der Waals surface area contributed by atoms with E-state index in [0.717, 1.165) is 32.7 Å². The van der Waals surface area contributed by atoms with Crippen molar-refractivity contribution < 1.29 is 14.7 Å². The molecule has 3 aromatic heterocycles. The van der Waals surface area contributed by atoms with E-state index in [2.05, 4.69) is 9.97 Å². The number of fused-ring (bicyclic) bond motifs is 1. The summed E-state index contributed by atoms with van der Waals surface area (Å²) in [5.74, 6) is -1.19. The van der Waals surface area contributed by atoms with Crippen LogP contribution < -0.4 is 0 Å². The quantitative estimate of drug-likeness (QED) is 0.601. The molecule has 0 atom stereocenters. The molecule has 0 amide bonds. The number of carboxylic acid groups (broad SMARTS) is 1. The Hall–Kier alpha value is -3.26. The largest absolute Gasteiger partial charge is 0.476 e. The molecule has 0 aliphatic carbocycles. The van der Waals surface area contributed by atoms with Crippen molar-refractivity contribution in [3.05, 3.63) is 58.6 Å². The molecule has 0 aliphatic heterocycles. The van der Waals surface area contributed by atoms with Gasteiger partial charge in [0, 0.05) is 29.1 Å². The van der Waals surface area contributed by atoms with Gasteiger partial charge in [-0.3, -0.25) is 9.36 Å². The zero-order chi connectivity index (χ0) is 18.4.